The minimum absolute atomic E-state index is 0.0715. The third-order valence-electron chi connectivity index (χ3n) is 5.63. The second-order valence-corrected chi connectivity index (χ2v) is 6.76. The van der Waals surface area contributed by atoms with Crippen molar-refractivity contribution in [3.63, 3.8) is 0 Å². The molecule has 1 N–H and O–H groups in total. The van der Waals surface area contributed by atoms with Crippen molar-refractivity contribution < 1.29 is 5.11 Å². The Bertz CT molecular complexity index is 583. The van der Waals surface area contributed by atoms with Gasteiger partial charge in [0.15, 0.2) is 0 Å². The van der Waals surface area contributed by atoms with Crippen molar-refractivity contribution in [1.82, 2.24) is 9.55 Å². The molecule has 2 heterocycles. The second kappa shape index (κ2) is 3.40. The summed E-state index contributed by atoms with van der Waals surface area (Å²) in [5.74, 6) is 0.716. The third-order valence-corrected chi connectivity index (χ3v) is 5.63. The van der Waals surface area contributed by atoms with Gasteiger partial charge in [-0.2, -0.15) is 0 Å². The Kier molecular flexibility index (Phi) is 2.05. The first-order valence-corrected chi connectivity index (χ1v) is 7.14. The third kappa shape index (κ3) is 1.29. The summed E-state index contributed by atoms with van der Waals surface area (Å²) in [7, 11) is 0. The number of aliphatic hydroxyl groups is 1. The summed E-state index contributed by atoms with van der Waals surface area (Å²) in [6.07, 6.45) is 14.8. The van der Waals surface area contributed by atoms with E-state index in [2.05, 4.69) is 40.8 Å². The molecule has 1 fully saturated rings. The van der Waals surface area contributed by atoms with E-state index in [4.69, 9.17) is 0 Å². The van der Waals surface area contributed by atoms with Gasteiger partial charge in [0.1, 0.15) is 0 Å². The maximum Gasteiger partial charge on any atom is 0.0951 e. The SMILES string of the molecule is CC12C=CC=CC1c1cncn1[C@H]2[C@H]1CC[C@@]1(C)O. The number of nitrogens with zero attached hydrogens (tertiary/aromatic N) is 2. The number of hydrogen-bond acceptors (Lipinski definition) is 2. The molecule has 1 saturated carbocycles. The molecular formula is C16H20N2O. The van der Waals surface area contributed by atoms with Crippen LogP contribution in [0.2, 0.25) is 0 Å². The van der Waals surface area contributed by atoms with Crippen molar-refractivity contribution in [2.24, 2.45) is 11.3 Å². The molecule has 0 radical (unpaired) electrons. The zero-order valence-electron chi connectivity index (χ0n) is 11.5. The molecule has 0 spiro atoms. The highest BCUT2D eigenvalue weighted by Gasteiger charge is 2.57. The van der Waals surface area contributed by atoms with E-state index in [1.165, 1.54) is 5.69 Å². The lowest BCUT2D eigenvalue weighted by Gasteiger charge is -2.51. The Morgan fingerprint density at radius 1 is 1.37 bits per heavy atom. The van der Waals surface area contributed by atoms with Crippen LogP contribution in [0.4, 0.5) is 0 Å². The molecular weight excluding hydrogens is 236 g/mol. The van der Waals surface area contributed by atoms with Crippen molar-refractivity contribution in [2.75, 3.05) is 0 Å². The van der Waals surface area contributed by atoms with Crippen molar-refractivity contribution in [3.05, 3.63) is 42.5 Å². The van der Waals surface area contributed by atoms with Crippen LogP contribution in [0.5, 0.6) is 0 Å². The molecule has 0 saturated heterocycles. The van der Waals surface area contributed by atoms with Crippen LogP contribution in [0.3, 0.4) is 0 Å². The number of rotatable bonds is 1. The number of fused-ring (bicyclic) bond motifs is 3. The van der Waals surface area contributed by atoms with Crippen LogP contribution in [0, 0.1) is 11.3 Å². The van der Waals surface area contributed by atoms with E-state index < -0.39 is 5.60 Å². The lowest BCUT2D eigenvalue weighted by atomic mass is 9.58. The first kappa shape index (κ1) is 11.5. The molecule has 0 amide bonds. The Hall–Kier alpha value is -1.35. The van der Waals surface area contributed by atoms with Gasteiger partial charge in [0.05, 0.1) is 18.0 Å². The van der Waals surface area contributed by atoms with Crippen molar-refractivity contribution in [3.8, 4) is 0 Å². The predicted molar refractivity (Wildman–Crippen MR) is 73.7 cm³/mol. The summed E-state index contributed by atoms with van der Waals surface area (Å²) in [5.41, 5.74) is 0.831. The van der Waals surface area contributed by atoms with Gasteiger partial charge in [0, 0.05) is 29.1 Å². The van der Waals surface area contributed by atoms with Gasteiger partial charge in [-0.05, 0) is 19.8 Å². The largest absolute Gasteiger partial charge is 0.390 e. The van der Waals surface area contributed by atoms with Gasteiger partial charge in [-0.3, -0.25) is 0 Å². The molecule has 0 bridgehead atoms. The molecule has 5 atom stereocenters. The van der Waals surface area contributed by atoms with E-state index in [1.807, 2.05) is 19.4 Å². The topological polar surface area (TPSA) is 38.0 Å². The van der Waals surface area contributed by atoms with Crippen molar-refractivity contribution in [2.45, 2.75) is 44.2 Å². The summed E-state index contributed by atoms with van der Waals surface area (Å²) >= 11 is 0. The van der Waals surface area contributed by atoms with Crippen LogP contribution >= 0.6 is 0 Å². The van der Waals surface area contributed by atoms with Gasteiger partial charge in [-0.15, -0.1) is 0 Å². The monoisotopic (exact) mass is 256 g/mol. The van der Waals surface area contributed by atoms with E-state index in [0.29, 0.717) is 17.9 Å². The fourth-order valence-electron chi connectivity index (χ4n) is 4.39. The maximum atomic E-state index is 10.5. The van der Waals surface area contributed by atoms with Gasteiger partial charge in [-0.25, -0.2) is 4.98 Å². The molecule has 1 aliphatic heterocycles. The molecule has 19 heavy (non-hydrogen) atoms. The zero-order chi connectivity index (χ0) is 13.3. The van der Waals surface area contributed by atoms with Crippen LogP contribution in [-0.4, -0.2) is 20.3 Å². The van der Waals surface area contributed by atoms with Crippen LogP contribution in [-0.2, 0) is 0 Å². The summed E-state index contributed by atoms with van der Waals surface area (Å²) in [5, 5.41) is 10.5. The Labute approximate surface area is 113 Å². The number of imidazole rings is 1. The predicted octanol–water partition coefficient (Wildman–Crippen LogP) is 2.81. The highest BCUT2D eigenvalue weighted by atomic mass is 16.3. The summed E-state index contributed by atoms with van der Waals surface area (Å²) in [6.45, 7) is 4.31. The van der Waals surface area contributed by atoms with Crippen molar-refractivity contribution in [1.29, 1.82) is 0 Å². The standard InChI is InChI=1S/C16H20N2O/c1-15-7-4-3-5-11(15)13-9-17-10-18(13)14(15)12-6-8-16(12,2)19/h3-5,7,9-12,14,19H,6,8H2,1-2H3/t11?,12-,14+,15?,16-/m1/s1. The van der Waals surface area contributed by atoms with E-state index in [-0.39, 0.29) is 5.41 Å². The quantitative estimate of drug-likeness (QED) is 0.839. The first-order chi connectivity index (χ1) is 9.04. The molecule has 2 unspecified atom stereocenters. The fraction of sp³-hybridized carbons (Fsp3) is 0.562. The van der Waals surface area contributed by atoms with Gasteiger partial charge >= 0.3 is 0 Å². The highest BCUT2D eigenvalue weighted by molar-refractivity contribution is 5.36. The van der Waals surface area contributed by atoms with Crippen molar-refractivity contribution >= 4 is 0 Å². The van der Waals surface area contributed by atoms with Gasteiger partial charge in [0.25, 0.3) is 0 Å². The molecule has 0 aromatic carbocycles. The average molecular weight is 256 g/mol. The maximum absolute atomic E-state index is 10.5. The normalized spacial score (nSPS) is 46.8. The average Bonchev–Trinajstić information content (AvgIpc) is 2.90. The lowest BCUT2D eigenvalue weighted by molar-refractivity contribution is -0.112. The minimum atomic E-state index is -0.529. The van der Waals surface area contributed by atoms with Crippen LogP contribution in [0.25, 0.3) is 0 Å². The first-order valence-electron chi connectivity index (χ1n) is 7.14. The zero-order valence-corrected chi connectivity index (χ0v) is 11.5. The molecule has 100 valence electrons. The lowest BCUT2D eigenvalue weighted by Crippen LogP contribution is -2.51. The number of allylic oxidation sites excluding steroid dienone is 4. The van der Waals surface area contributed by atoms with Gasteiger partial charge in [0.2, 0.25) is 0 Å². The number of hydrogen-bond donors (Lipinski definition) is 1. The second-order valence-electron chi connectivity index (χ2n) is 6.76. The molecule has 2 aliphatic carbocycles. The Morgan fingerprint density at radius 3 is 2.89 bits per heavy atom. The molecule has 1 aromatic rings. The molecule has 3 aliphatic rings. The van der Waals surface area contributed by atoms with Crippen LogP contribution < -0.4 is 0 Å². The molecule has 3 heteroatoms. The van der Waals surface area contributed by atoms with Crippen LogP contribution in [0.1, 0.15) is 44.3 Å². The Morgan fingerprint density at radius 2 is 2.21 bits per heavy atom. The van der Waals surface area contributed by atoms with Gasteiger partial charge in [-0.1, -0.05) is 31.2 Å². The fourth-order valence-corrected chi connectivity index (χ4v) is 4.39. The van der Waals surface area contributed by atoms with E-state index in [1.54, 1.807) is 0 Å². The van der Waals surface area contributed by atoms with E-state index in [0.717, 1.165) is 12.8 Å². The van der Waals surface area contributed by atoms with Crippen LogP contribution in [0.15, 0.2) is 36.8 Å². The smallest absolute Gasteiger partial charge is 0.0951 e. The molecule has 1 aromatic heterocycles. The molecule has 4 rings (SSSR count). The summed E-state index contributed by atoms with van der Waals surface area (Å²) < 4.78 is 2.31. The highest BCUT2D eigenvalue weighted by Crippen LogP contribution is 2.61. The number of aromatic nitrogens is 2. The van der Waals surface area contributed by atoms with E-state index in [9.17, 15) is 5.11 Å². The molecule has 3 nitrogen and oxygen atoms in total. The van der Waals surface area contributed by atoms with E-state index >= 15 is 0 Å². The van der Waals surface area contributed by atoms with Gasteiger partial charge < -0.3 is 9.67 Å². The summed E-state index contributed by atoms with van der Waals surface area (Å²) in [6, 6.07) is 0.319. The Balaban J connectivity index is 1.85. The minimum Gasteiger partial charge on any atom is -0.390 e. The summed E-state index contributed by atoms with van der Waals surface area (Å²) in [4.78, 5) is 4.33.